The van der Waals surface area contributed by atoms with Crippen LogP contribution in [0.4, 0.5) is 4.39 Å². The number of rotatable bonds is 9. The first-order valence-corrected chi connectivity index (χ1v) is 10.3. The van der Waals surface area contributed by atoms with Crippen molar-refractivity contribution in [1.29, 1.82) is 0 Å². The highest BCUT2D eigenvalue weighted by molar-refractivity contribution is 6.30. The fraction of sp³-hybridized carbons (Fsp3) is 0.304. The van der Waals surface area contributed by atoms with E-state index in [4.69, 9.17) is 11.6 Å². The second-order valence-electron chi connectivity index (χ2n) is 7.33. The van der Waals surface area contributed by atoms with Gasteiger partial charge in [0.1, 0.15) is 11.0 Å². The highest BCUT2D eigenvalue weighted by atomic mass is 35.5. The maximum Gasteiger partial charge on any atom is 0.224 e. The summed E-state index contributed by atoms with van der Waals surface area (Å²) in [5.41, 5.74) is 4.85. The molecule has 0 bridgehead atoms. The molecule has 1 amide bonds. The molecule has 0 fully saturated rings. The molecular weight excluding hydrogens is 403 g/mol. The maximum absolute atomic E-state index is 13.2. The smallest absolute Gasteiger partial charge is 0.224 e. The quantitative estimate of drug-likeness (QED) is 0.510. The van der Waals surface area contributed by atoms with Crippen molar-refractivity contribution >= 4 is 17.5 Å². The molecule has 0 spiro atoms. The summed E-state index contributed by atoms with van der Waals surface area (Å²) in [6.07, 6.45) is 0.161. The van der Waals surface area contributed by atoms with Gasteiger partial charge in [-0.3, -0.25) is 4.79 Å². The van der Waals surface area contributed by atoms with Gasteiger partial charge in [-0.1, -0.05) is 53.6 Å². The molecule has 0 atom stereocenters. The summed E-state index contributed by atoms with van der Waals surface area (Å²) in [5, 5.41) is 11.3. The van der Waals surface area contributed by atoms with E-state index in [0.29, 0.717) is 36.9 Å². The molecule has 30 heavy (non-hydrogen) atoms. The Bertz CT molecular complexity index is 1000. The van der Waals surface area contributed by atoms with Crippen molar-refractivity contribution in [3.8, 4) is 0 Å². The summed E-state index contributed by atoms with van der Waals surface area (Å²) in [7, 11) is 0. The summed E-state index contributed by atoms with van der Waals surface area (Å²) in [6.45, 7) is 6.25. The number of amides is 1. The molecular formula is C23H26ClFN4O. The number of nitrogens with one attached hydrogen (secondary N) is 2. The van der Waals surface area contributed by atoms with Crippen molar-refractivity contribution in [1.82, 2.24) is 20.4 Å². The van der Waals surface area contributed by atoms with Crippen LogP contribution in [0.2, 0.25) is 5.15 Å². The Labute approximate surface area is 181 Å². The zero-order valence-electron chi connectivity index (χ0n) is 17.2. The largest absolute Gasteiger partial charge is 0.355 e. The molecule has 0 aliphatic heterocycles. The van der Waals surface area contributed by atoms with Gasteiger partial charge < -0.3 is 10.6 Å². The standard InChI is InChI=1S/C23H26ClFN4O/c1-16-6-8-18(9-7-16)15-29-23(24)21(17(2)28-29)14-26-10-11-27-22(30)13-19-4-3-5-20(25)12-19/h3-9,12,26H,10-11,13-15H2,1-2H3,(H,27,30). The van der Waals surface area contributed by atoms with Gasteiger partial charge in [-0.05, 0) is 37.1 Å². The van der Waals surface area contributed by atoms with Gasteiger partial charge in [0.25, 0.3) is 0 Å². The van der Waals surface area contributed by atoms with Crippen LogP contribution in [0.1, 0.15) is 27.9 Å². The first-order chi connectivity index (χ1) is 14.4. The third-order valence-corrected chi connectivity index (χ3v) is 5.24. The minimum absolute atomic E-state index is 0.137. The topological polar surface area (TPSA) is 59.0 Å². The second kappa shape index (κ2) is 10.4. The number of aromatic nitrogens is 2. The highest BCUT2D eigenvalue weighted by Crippen LogP contribution is 2.21. The highest BCUT2D eigenvalue weighted by Gasteiger charge is 2.13. The lowest BCUT2D eigenvalue weighted by molar-refractivity contribution is -0.120. The number of aryl methyl sites for hydroxylation is 2. The minimum Gasteiger partial charge on any atom is -0.355 e. The van der Waals surface area contributed by atoms with Crippen LogP contribution >= 0.6 is 11.6 Å². The van der Waals surface area contributed by atoms with Crippen LogP contribution in [0.25, 0.3) is 0 Å². The zero-order valence-corrected chi connectivity index (χ0v) is 18.0. The minimum atomic E-state index is -0.336. The Morgan fingerprint density at radius 3 is 2.60 bits per heavy atom. The third kappa shape index (κ3) is 6.15. The number of nitrogens with zero attached hydrogens (tertiary/aromatic N) is 2. The van der Waals surface area contributed by atoms with Crippen LogP contribution in [-0.2, 0) is 24.3 Å². The molecule has 2 aromatic carbocycles. The molecule has 3 aromatic rings. The average Bonchev–Trinajstić information content (AvgIpc) is 2.96. The zero-order chi connectivity index (χ0) is 21.5. The van der Waals surface area contributed by atoms with E-state index in [1.807, 2.05) is 6.92 Å². The molecule has 0 aliphatic rings. The Morgan fingerprint density at radius 2 is 1.87 bits per heavy atom. The van der Waals surface area contributed by atoms with Gasteiger partial charge in [0, 0.05) is 25.2 Å². The molecule has 3 rings (SSSR count). The van der Waals surface area contributed by atoms with Crippen LogP contribution in [-0.4, -0.2) is 28.8 Å². The summed E-state index contributed by atoms with van der Waals surface area (Å²) in [4.78, 5) is 12.0. The predicted molar refractivity (Wildman–Crippen MR) is 117 cm³/mol. The van der Waals surface area contributed by atoms with Crippen molar-refractivity contribution in [3.05, 3.63) is 87.4 Å². The number of hydrogen-bond donors (Lipinski definition) is 2. The van der Waals surface area contributed by atoms with Crippen molar-refractivity contribution in [2.24, 2.45) is 0 Å². The van der Waals surface area contributed by atoms with Gasteiger partial charge in [-0.15, -0.1) is 0 Å². The molecule has 1 aromatic heterocycles. The lowest BCUT2D eigenvalue weighted by Crippen LogP contribution is -2.32. The van der Waals surface area contributed by atoms with Crippen LogP contribution in [0, 0.1) is 19.7 Å². The van der Waals surface area contributed by atoms with E-state index in [9.17, 15) is 9.18 Å². The number of benzene rings is 2. The monoisotopic (exact) mass is 428 g/mol. The van der Waals surface area contributed by atoms with E-state index >= 15 is 0 Å². The van der Waals surface area contributed by atoms with Crippen LogP contribution in [0.3, 0.4) is 0 Å². The van der Waals surface area contributed by atoms with E-state index in [-0.39, 0.29) is 18.1 Å². The van der Waals surface area contributed by atoms with Crippen LogP contribution in [0.5, 0.6) is 0 Å². The molecule has 0 radical (unpaired) electrons. The molecule has 0 saturated carbocycles. The Balaban J connectivity index is 1.44. The average molecular weight is 429 g/mol. The number of carbonyl (C=O) groups excluding carboxylic acids is 1. The molecule has 1 heterocycles. The van der Waals surface area contributed by atoms with E-state index in [2.05, 4.69) is 46.9 Å². The first kappa shape index (κ1) is 22.0. The lowest BCUT2D eigenvalue weighted by Gasteiger charge is -2.08. The fourth-order valence-electron chi connectivity index (χ4n) is 3.16. The Morgan fingerprint density at radius 1 is 1.10 bits per heavy atom. The summed E-state index contributed by atoms with van der Waals surface area (Å²) < 4.78 is 15.0. The Hall–Kier alpha value is -2.70. The summed E-state index contributed by atoms with van der Waals surface area (Å²) in [5.74, 6) is -0.473. The van der Waals surface area contributed by atoms with Gasteiger partial charge in [-0.2, -0.15) is 5.10 Å². The van der Waals surface area contributed by atoms with Crippen molar-refractivity contribution in [3.63, 3.8) is 0 Å². The van der Waals surface area contributed by atoms with Crippen molar-refractivity contribution in [2.75, 3.05) is 13.1 Å². The van der Waals surface area contributed by atoms with E-state index < -0.39 is 0 Å². The van der Waals surface area contributed by atoms with Crippen molar-refractivity contribution in [2.45, 2.75) is 33.4 Å². The van der Waals surface area contributed by atoms with E-state index in [0.717, 1.165) is 16.8 Å². The normalized spacial score (nSPS) is 10.9. The lowest BCUT2D eigenvalue weighted by atomic mass is 10.1. The third-order valence-electron chi connectivity index (χ3n) is 4.82. The van der Waals surface area contributed by atoms with Gasteiger partial charge >= 0.3 is 0 Å². The van der Waals surface area contributed by atoms with Crippen LogP contribution in [0.15, 0.2) is 48.5 Å². The molecule has 7 heteroatoms. The molecule has 2 N–H and O–H groups in total. The van der Waals surface area contributed by atoms with Crippen LogP contribution < -0.4 is 10.6 Å². The van der Waals surface area contributed by atoms with E-state index in [1.165, 1.54) is 17.7 Å². The first-order valence-electron chi connectivity index (χ1n) is 9.91. The number of halogens is 2. The molecule has 0 saturated heterocycles. The SMILES string of the molecule is Cc1ccc(Cn2nc(C)c(CNCCNC(=O)Cc3cccc(F)c3)c2Cl)cc1. The summed E-state index contributed by atoms with van der Waals surface area (Å²) >= 11 is 6.54. The van der Waals surface area contributed by atoms with Crippen molar-refractivity contribution < 1.29 is 9.18 Å². The van der Waals surface area contributed by atoms with Gasteiger partial charge in [0.15, 0.2) is 0 Å². The Kier molecular flexibility index (Phi) is 7.60. The molecule has 5 nitrogen and oxygen atoms in total. The number of hydrogen-bond acceptors (Lipinski definition) is 3. The molecule has 158 valence electrons. The molecule has 0 unspecified atom stereocenters. The predicted octanol–water partition coefficient (Wildman–Crippen LogP) is 3.79. The van der Waals surface area contributed by atoms with E-state index in [1.54, 1.807) is 16.8 Å². The second-order valence-corrected chi connectivity index (χ2v) is 7.69. The van der Waals surface area contributed by atoms with Gasteiger partial charge in [-0.25, -0.2) is 9.07 Å². The number of carbonyl (C=O) groups is 1. The van der Waals surface area contributed by atoms with Gasteiger partial charge in [0.05, 0.1) is 18.7 Å². The van der Waals surface area contributed by atoms with Gasteiger partial charge in [0.2, 0.25) is 5.91 Å². The molecule has 0 aliphatic carbocycles. The fourth-order valence-corrected chi connectivity index (χ4v) is 3.46. The summed E-state index contributed by atoms with van der Waals surface area (Å²) in [6, 6.07) is 14.4. The maximum atomic E-state index is 13.2.